The Morgan fingerprint density at radius 3 is 1.79 bits per heavy atom. The van der Waals surface area contributed by atoms with Crippen molar-refractivity contribution in [1.29, 1.82) is 0 Å². The number of nitrogens with zero attached hydrogens (tertiary/aromatic N) is 1. The molecule has 0 unspecified atom stereocenters. The standard InChI is InChI=1S/C27H21NO/c1-29-24-19-11-18-23-26(24)25(20-12-5-2-6-13-20)27(21-14-7-3-8-15-21)28(23)22-16-9-4-10-17-22/h2-19H,1H3. The van der Waals surface area contributed by atoms with E-state index in [9.17, 15) is 0 Å². The number of methoxy groups -OCH3 is 1. The number of aromatic nitrogens is 1. The number of rotatable bonds is 4. The van der Waals surface area contributed by atoms with Crippen LogP contribution in [0.3, 0.4) is 0 Å². The van der Waals surface area contributed by atoms with Gasteiger partial charge in [0.15, 0.2) is 0 Å². The highest BCUT2D eigenvalue weighted by Gasteiger charge is 2.23. The molecule has 0 saturated heterocycles. The van der Waals surface area contributed by atoms with Crippen molar-refractivity contribution < 1.29 is 4.74 Å². The summed E-state index contributed by atoms with van der Waals surface area (Å²) in [5.41, 5.74) is 6.97. The Hall–Kier alpha value is -3.78. The summed E-state index contributed by atoms with van der Waals surface area (Å²) in [7, 11) is 1.74. The van der Waals surface area contributed by atoms with Crippen molar-refractivity contribution in [3.05, 3.63) is 109 Å². The molecular formula is C27H21NO. The van der Waals surface area contributed by atoms with Crippen LogP contribution in [0.4, 0.5) is 0 Å². The van der Waals surface area contributed by atoms with Crippen LogP contribution in [0.1, 0.15) is 0 Å². The van der Waals surface area contributed by atoms with E-state index in [0.717, 1.165) is 22.3 Å². The first kappa shape index (κ1) is 17.3. The van der Waals surface area contributed by atoms with Crippen LogP contribution in [0.5, 0.6) is 5.75 Å². The Morgan fingerprint density at radius 2 is 1.17 bits per heavy atom. The van der Waals surface area contributed by atoms with Gasteiger partial charge in [-0.25, -0.2) is 0 Å². The Labute approximate surface area is 170 Å². The van der Waals surface area contributed by atoms with E-state index in [0.29, 0.717) is 0 Å². The number of para-hydroxylation sites is 1. The minimum atomic E-state index is 0.883. The largest absolute Gasteiger partial charge is 0.496 e. The Morgan fingerprint density at radius 1 is 0.586 bits per heavy atom. The smallest absolute Gasteiger partial charge is 0.128 e. The monoisotopic (exact) mass is 375 g/mol. The van der Waals surface area contributed by atoms with Crippen LogP contribution in [0.25, 0.3) is 39.0 Å². The fourth-order valence-corrected chi connectivity index (χ4v) is 4.08. The van der Waals surface area contributed by atoms with Crippen LogP contribution >= 0.6 is 0 Å². The van der Waals surface area contributed by atoms with Crippen molar-refractivity contribution in [2.75, 3.05) is 7.11 Å². The lowest BCUT2D eigenvalue weighted by atomic mass is 9.98. The molecule has 0 saturated carbocycles. The van der Waals surface area contributed by atoms with Crippen molar-refractivity contribution in [3.63, 3.8) is 0 Å². The molecule has 0 fully saturated rings. The SMILES string of the molecule is COc1cccc2c1c(-c1ccccc1)c(-c1ccccc1)n2-c1ccccc1. The van der Waals surface area contributed by atoms with Gasteiger partial charge in [0.1, 0.15) is 5.75 Å². The van der Waals surface area contributed by atoms with Crippen molar-refractivity contribution in [1.82, 2.24) is 4.57 Å². The third-order valence-electron chi connectivity index (χ3n) is 5.30. The van der Waals surface area contributed by atoms with Gasteiger partial charge in [-0.1, -0.05) is 84.9 Å². The van der Waals surface area contributed by atoms with Crippen molar-refractivity contribution in [2.45, 2.75) is 0 Å². The van der Waals surface area contributed by atoms with Crippen LogP contribution in [0.15, 0.2) is 109 Å². The number of ether oxygens (including phenoxy) is 1. The van der Waals surface area contributed by atoms with Crippen LogP contribution in [0.2, 0.25) is 0 Å². The molecule has 0 N–H and O–H groups in total. The second-order valence-corrected chi connectivity index (χ2v) is 6.98. The molecule has 0 aliphatic heterocycles. The van der Waals surface area contributed by atoms with E-state index in [1.807, 2.05) is 6.07 Å². The molecule has 29 heavy (non-hydrogen) atoms. The van der Waals surface area contributed by atoms with Gasteiger partial charge < -0.3 is 9.30 Å². The zero-order chi connectivity index (χ0) is 19.6. The van der Waals surface area contributed by atoms with Gasteiger partial charge in [-0.3, -0.25) is 0 Å². The second kappa shape index (κ2) is 7.33. The predicted octanol–water partition coefficient (Wildman–Crippen LogP) is 6.97. The molecule has 4 aromatic carbocycles. The highest BCUT2D eigenvalue weighted by molar-refractivity contribution is 6.08. The Kier molecular flexibility index (Phi) is 4.38. The van der Waals surface area contributed by atoms with Gasteiger partial charge in [0.25, 0.3) is 0 Å². The van der Waals surface area contributed by atoms with Crippen LogP contribution < -0.4 is 4.74 Å². The summed E-state index contributed by atoms with van der Waals surface area (Å²) in [6.45, 7) is 0. The van der Waals surface area contributed by atoms with E-state index in [1.54, 1.807) is 7.11 Å². The molecule has 0 bridgehead atoms. The van der Waals surface area contributed by atoms with E-state index in [2.05, 4.69) is 108 Å². The van der Waals surface area contributed by atoms with E-state index >= 15 is 0 Å². The molecule has 1 aromatic heterocycles. The number of hydrogen-bond donors (Lipinski definition) is 0. The van der Waals surface area contributed by atoms with Gasteiger partial charge in [0.05, 0.1) is 23.7 Å². The molecule has 5 aromatic rings. The fourth-order valence-electron chi connectivity index (χ4n) is 4.08. The lowest BCUT2D eigenvalue weighted by Crippen LogP contribution is -1.97. The maximum atomic E-state index is 5.82. The number of hydrogen-bond acceptors (Lipinski definition) is 1. The van der Waals surface area contributed by atoms with Gasteiger partial charge in [-0.15, -0.1) is 0 Å². The molecule has 0 atom stereocenters. The van der Waals surface area contributed by atoms with Crippen molar-refractivity contribution >= 4 is 10.9 Å². The van der Waals surface area contributed by atoms with Crippen molar-refractivity contribution in [3.8, 4) is 33.8 Å². The van der Waals surface area contributed by atoms with Gasteiger partial charge in [0.2, 0.25) is 0 Å². The zero-order valence-electron chi connectivity index (χ0n) is 16.2. The van der Waals surface area contributed by atoms with Gasteiger partial charge in [-0.2, -0.15) is 0 Å². The average molecular weight is 375 g/mol. The first-order valence-electron chi connectivity index (χ1n) is 9.76. The maximum absolute atomic E-state index is 5.82. The highest BCUT2D eigenvalue weighted by atomic mass is 16.5. The summed E-state index contributed by atoms with van der Waals surface area (Å²) in [5.74, 6) is 0.883. The van der Waals surface area contributed by atoms with Gasteiger partial charge >= 0.3 is 0 Å². The van der Waals surface area contributed by atoms with E-state index in [-0.39, 0.29) is 0 Å². The molecule has 0 amide bonds. The molecule has 0 aliphatic carbocycles. The quantitative estimate of drug-likeness (QED) is 0.331. The molecule has 140 valence electrons. The summed E-state index contributed by atoms with van der Waals surface area (Å²) in [6.07, 6.45) is 0. The normalized spacial score (nSPS) is 10.9. The summed E-state index contributed by atoms with van der Waals surface area (Å²) >= 11 is 0. The van der Waals surface area contributed by atoms with Gasteiger partial charge in [0, 0.05) is 11.3 Å². The predicted molar refractivity (Wildman–Crippen MR) is 121 cm³/mol. The summed E-state index contributed by atoms with van der Waals surface area (Å²) in [5, 5.41) is 1.13. The summed E-state index contributed by atoms with van der Waals surface area (Å²) in [4.78, 5) is 0. The minimum Gasteiger partial charge on any atom is -0.496 e. The Balaban J connectivity index is 2.01. The molecule has 5 rings (SSSR count). The highest BCUT2D eigenvalue weighted by Crippen LogP contribution is 2.45. The fraction of sp³-hybridized carbons (Fsp3) is 0.0370. The van der Waals surface area contributed by atoms with Crippen molar-refractivity contribution in [2.24, 2.45) is 0 Å². The Bertz CT molecular complexity index is 1260. The summed E-state index contributed by atoms with van der Waals surface area (Å²) in [6, 6.07) is 37.9. The van der Waals surface area contributed by atoms with Gasteiger partial charge in [-0.05, 0) is 35.4 Å². The maximum Gasteiger partial charge on any atom is 0.128 e. The van der Waals surface area contributed by atoms with E-state index < -0.39 is 0 Å². The molecule has 2 nitrogen and oxygen atoms in total. The van der Waals surface area contributed by atoms with E-state index in [1.165, 1.54) is 22.4 Å². The minimum absolute atomic E-state index is 0.883. The molecule has 0 spiro atoms. The first-order chi connectivity index (χ1) is 14.4. The molecule has 0 aliphatic rings. The third-order valence-corrected chi connectivity index (χ3v) is 5.30. The van der Waals surface area contributed by atoms with Crippen LogP contribution in [0, 0.1) is 0 Å². The number of benzene rings is 4. The van der Waals surface area contributed by atoms with Crippen LogP contribution in [-0.2, 0) is 0 Å². The zero-order valence-corrected chi connectivity index (χ0v) is 16.2. The molecular weight excluding hydrogens is 354 g/mol. The molecule has 2 heteroatoms. The topological polar surface area (TPSA) is 14.2 Å². The van der Waals surface area contributed by atoms with Crippen LogP contribution in [-0.4, -0.2) is 11.7 Å². The lowest BCUT2D eigenvalue weighted by molar-refractivity contribution is 0.420. The first-order valence-corrected chi connectivity index (χ1v) is 9.76. The average Bonchev–Trinajstić information content (AvgIpc) is 3.16. The second-order valence-electron chi connectivity index (χ2n) is 6.98. The lowest BCUT2D eigenvalue weighted by Gasteiger charge is -2.13. The third kappa shape index (κ3) is 2.90. The molecule has 0 radical (unpaired) electrons. The summed E-state index contributed by atoms with van der Waals surface area (Å²) < 4.78 is 8.16. The van der Waals surface area contributed by atoms with E-state index in [4.69, 9.17) is 4.74 Å². The number of fused-ring (bicyclic) bond motifs is 1. The molecule has 1 heterocycles.